The van der Waals surface area contributed by atoms with Crippen molar-refractivity contribution < 1.29 is 18.3 Å². The number of sulfonamides is 1. The van der Waals surface area contributed by atoms with Gasteiger partial charge in [0.05, 0.1) is 10.8 Å². The topological polar surface area (TPSA) is 96.4 Å². The number of benzene rings is 2. The van der Waals surface area contributed by atoms with E-state index >= 15 is 0 Å². The van der Waals surface area contributed by atoms with Crippen molar-refractivity contribution in [2.75, 3.05) is 6.54 Å². The highest BCUT2D eigenvalue weighted by molar-refractivity contribution is 7.89. The molecular formula is C25H27ClN2O4S. The SMILES string of the molecule is CC(C(=O)O)c1ccc(C(CCCc2cccnc2)CNS(=O)(=O)c2ccc(Cl)cc2)cc1. The number of hydrogen-bond acceptors (Lipinski definition) is 4. The van der Waals surface area contributed by atoms with Gasteiger partial charge >= 0.3 is 5.97 Å². The highest BCUT2D eigenvalue weighted by Crippen LogP contribution is 2.25. The summed E-state index contributed by atoms with van der Waals surface area (Å²) in [7, 11) is -3.69. The fourth-order valence-corrected chi connectivity index (χ4v) is 4.80. The molecule has 6 nitrogen and oxygen atoms in total. The van der Waals surface area contributed by atoms with Crippen LogP contribution in [0.2, 0.25) is 5.02 Å². The van der Waals surface area contributed by atoms with E-state index in [1.807, 2.05) is 30.5 Å². The fourth-order valence-electron chi connectivity index (χ4n) is 3.59. The summed E-state index contributed by atoms with van der Waals surface area (Å²) in [4.78, 5) is 15.6. The van der Waals surface area contributed by atoms with Crippen molar-refractivity contribution >= 4 is 27.6 Å². The molecule has 33 heavy (non-hydrogen) atoms. The van der Waals surface area contributed by atoms with E-state index in [0.717, 1.165) is 30.4 Å². The van der Waals surface area contributed by atoms with Crippen molar-refractivity contribution in [3.8, 4) is 0 Å². The Kier molecular flexibility index (Phi) is 8.61. The molecule has 3 aromatic rings. The van der Waals surface area contributed by atoms with Gasteiger partial charge in [0.15, 0.2) is 0 Å². The van der Waals surface area contributed by atoms with E-state index in [0.29, 0.717) is 10.6 Å². The normalized spacial score (nSPS) is 13.4. The predicted molar refractivity (Wildman–Crippen MR) is 129 cm³/mol. The molecule has 0 spiro atoms. The number of nitrogens with zero attached hydrogens (tertiary/aromatic N) is 1. The zero-order valence-corrected chi connectivity index (χ0v) is 19.9. The van der Waals surface area contributed by atoms with Crippen LogP contribution >= 0.6 is 11.6 Å². The first-order valence-electron chi connectivity index (χ1n) is 10.7. The molecular weight excluding hydrogens is 460 g/mol. The Bertz CT molecular complexity index is 1150. The van der Waals surface area contributed by atoms with E-state index in [1.54, 1.807) is 37.4 Å². The van der Waals surface area contributed by atoms with Crippen LogP contribution < -0.4 is 4.72 Å². The predicted octanol–water partition coefficient (Wildman–Crippen LogP) is 5.01. The highest BCUT2D eigenvalue weighted by Gasteiger charge is 2.19. The number of rotatable bonds is 11. The van der Waals surface area contributed by atoms with Crippen LogP contribution in [0.25, 0.3) is 0 Å². The molecule has 0 radical (unpaired) electrons. The average molecular weight is 487 g/mol. The summed E-state index contributed by atoms with van der Waals surface area (Å²) in [5.41, 5.74) is 2.80. The summed E-state index contributed by atoms with van der Waals surface area (Å²) in [5.74, 6) is -1.56. The summed E-state index contributed by atoms with van der Waals surface area (Å²) in [6.45, 7) is 1.87. The van der Waals surface area contributed by atoms with E-state index in [4.69, 9.17) is 11.6 Å². The van der Waals surface area contributed by atoms with Crippen LogP contribution in [-0.4, -0.2) is 31.0 Å². The molecule has 2 atom stereocenters. The number of aliphatic carboxylic acids is 1. The lowest BCUT2D eigenvalue weighted by molar-refractivity contribution is -0.138. The van der Waals surface area contributed by atoms with Gasteiger partial charge in [-0.05, 0) is 79.1 Å². The van der Waals surface area contributed by atoms with Gasteiger partial charge in [0.1, 0.15) is 0 Å². The first kappa shape index (κ1) is 24.9. The Hall–Kier alpha value is -2.74. The maximum atomic E-state index is 12.8. The quantitative estimate of drug-likeness (QED) is 0.397. The van der Waals surface area contributed by atoms with Crippen LogP contribution in [-0.2, 0) is 21.2 Å². The average Bonchev–Trinajstić information content (AvgIpc) is 2.82. The summed E-state index contributed by atoms with van der Waals surface area (Å²) in [6.07, 6.45) is 6.01. The van der Waals surface area contributed by atoms with Crippen molar-refractivity contribution in [3.63, 3.8) is 0 Å². The van der Waals surface area contributed by atoms with Crippen LogP contribution in [0.3, 0.4) is 0 Å². The van der Waals surface area contributed by atoms with Gasteiger partial charge in [-0.1, -0.05) is 41.9 Å². The molecule has 0 saturated heterocycles. The van der Waals surface area contributed by atoms with E-state index in [1.165, 1.54) is 12.1 Å². The van der Waals surface area contributed by atoms with Crippen LogP contribution in [0.1, 0.15) is 48.3 Å². The zero-order valence-electron chi connectivity index (χ0n) is 18.3. The number of carboxylic acids is 1. The first-order chi connectivity index (χ1) is 15.8. The van der Waals surface area contributed by atoms with Crippen molar-refractivity contribution in [2.45, 2.75) is 42.9 Å². The lowest BCUT2D eigenvalue weighted by Crippen LogP contribution is -2.28. The monoisotopic (exact) mass is 486 g/mol. The Morgan fingerprint density at radius 1 is 1.06 bits per heavy atom. The second-order valence-corrected chi connectivity index (χ2v) is 10.2. The third-order valence-corrected chi connectivity index (χ3v) is 7.35. The molecule has 0 amide bonds. The van der Waals surface area contributed by atoms with Crippen molar-refractivity contribution in [2.24, 2.45) is 0 Å². The number of aromatic nitrogens is 1. The molecule has 0 aliphatic rings. The van der Waals surface area contributed by atoms with Gasteiger partial charge in [-0.3, -0.25) is 9.78 Å². The second kappa shape index (κ2) is 11.4. The largest absolute Gasteiger partial charge is 0.481 e. The van der Waals surface area contributed by atoms with Gasteiger partial charge in [0, 0.05) is 24.0 Å². The van der Waals surface area contributed by atoms with E-state index in [2.05, 4.69) is 9.71 Å². The van der Waals surface area contributed by atoms with E-state index < -0.39 is 21.9 Å². The summed E-state index contributed by atoms with van der Waals surface area (Å²) in [5, 5.41) is 9.72. The molecule has 8 heteroatoms. The number of pyridine rings is 1. The second-order valence-electron chi connectivity index (χ2n) is 7.98. The number of aryl methyl sites for hydroxylation is 1. The van der Waals surface area contributed by atoms with Gasteiger partial charge in [-0.2, -0.15) is 0 Å². The number of nitrogens with one attached hydrogen (secondary N) is 1. The van der Waals surface area contributed by atoms with Crippen LogP contribution in [0.4, 0.5) is 0 Å². The highest BCUT2D eigenvalue weighted by atomic mass is 35.5. The first-order valence-corrected chi connectivity index (χ1v) is 12.6. The van der Waals surface area contributed by atoms with E-state index in [-0.39, 0.29) is 17.4 Å². The maximum absolute atomic E-state index is 12.8. The van der Waals surface area contributed by atoms with E-state index in [9.17, 15) is 18.3 Å². The van der Waals surface area contributed by atoms with Crippen molar-refractivity contribution in [1.82, 2.24) is 9.71 Å². The molecule has 2 unspecified atom stereocenters. The molecule has 0 bridgehead atoms. The molecule has 0 aliphatic heterocycles. The van der Waals surface area contributed by atoms with Crippen LogP contribution in [0, 0.1) is 0 Å². The molecule has 1 aromatic heterocycles. The molecule has 1 heterocycles. The molecule has 2 aromatic carbocycles. The third-order valence-electron chi connectivity index (χ3n) is 5.66. The molecule has 3 rings (SSSR count). The summed E-state index contributed by atoms with van der Waals surface area (Å²) in [6, 6.07) is 17.3. The zero-order chi connectivity index (χ0) is 23.8. The number of carboxylic acid groups (broad SMARTS) is 1. The maximum Gasteiger partial charge on any atom is 0.310 e. The standard InChI is InChI=1S/C25H27ClN2O4S/c1-18(25(29)30)20-7-9-21(10-8-20)22(6-2-4-19-5-3-15-27-16-19)17-28-33(31,32)24-13-11-23(26)12-14-24/h3,5,7-16,18,22,28H,2,4,6,17H2,1H3,(H,29,30). The van der Waals surface area contributed by atoms with Gasteiger partial charge in [0.2, 0.25) is 10.0 Å². The van der Waals surface area contributed by atoms with Gasteiger partial charge < -0.3 is 5.11 Å². The number of carbonyl (C=O) groups is 1. The molecule has 174 valence electrons. The Balaban J connectivity index is 1.74. The molecule has 2 N–H and O–H groups in total. The fraction of sp³-hybridized carbons (Fsp3) is 0.280. The smallest absolute Gasteiger partial charge is 0.310 e. The summed E-state index contributed by atoms with van der Waals surface area (Å²) >= 11 is 5.88. The number of hydrogen-bond donors (Lipinski definition) is 2. The molecule has 0 fully saturated rings. The molecule has 0 aliphatic carbocycles. The Morgan fingerprint density at radius 2 is 1.73 bits per heavy atom. The minimum atomic E-state index is -3.69. The lowest BCUT2D eigenvalue weighted by atomic mass is 9.90. The van der Waals surface area contributed by atoms with Crippen molar-refractivity contribution in [1.29, 1.82) is 0 Å². The molecule has 0 saturated carbocycles. The van der Waals surface area contributed by atoms with Crippen LogP contribution in [0.5, 0.6) is 0 Å². The van der Waals surface area contributed by atoms with Crippen LogP contribution in [0.15, 0.2) is 78.0 Å². The third kappa shape index (κ3) is 7.12. The Labute approximate surface area is 199 Å². The van der Waals surface area contributed by atoms with Gasteiger partial charge in [-0.25, -0.2) is 13.1 Å². The van der Waals surface area contributed by atoms with Gasteiger partial charge in [-0.15, -0.1) is 0 Å². The Morgan fingerprint density at radius 3 is 2.33 bits per heavy atom. The minimum absolute atomic E-state index is 0.0714. The van der Waals surface area contributed by atoms with Crippen molar-refractivity contribution in [3.05, 3.63) is 94.8 Å². The van der Waals surface area contributed by atoms with Gasteiger partial charge in [0.25, 0.3) is 0 Å². The lowest BCUT2D eigenvalue weighted by Gasteiger charge is -2.19. The number of halogens is 1. The summed E-state index contributed by atoms with van der Waals surface area (Å²) < 4.78 is 28.3. The minimum Gasteiger partial charge on any atom is -0.481 e.